The molecule has 0 saturated heterocycles. The molecule has 0 atom stereocenters. The van der Waals surface area contributed by atoms with Crippen LogP contribution in [-0.2, 0) is 4.74 Å². The van der Waals surface area contributed by atoms with E-state index in [4.69, 9.17) is 4.74 Å². The highest BCUT2D eigenvalue weighted by Crippen LogP contribution is 2.13. The van der Waals surface area contributed by atoms with Crippen molar-refractivity contribution in [3.8, 4) is 0 Å². The lowest BCUT2D eigenvalue weighted by molar-refractivity contribution is 0.0792. The molecule has 0 saturated carbocycles. The molecule has 0 amide bonds. The van der Waals surface area contributed by atoms with Crippen LogP contribution in [-0.4, -0.2) is 25.8 Å². The smallest absolute Gasteiger partial charge is 0.0645 e. The van der Waals surface area contributed by atoms with Gasteiger partial charge in [0.1, 0.15) is 0 Å². The van der Waals surface area contributed by atoms with Gasteiger partial charge in [-0.05, 0) is 0 Å². The van der Waals surface area contributed by atoms with Gasteiger partial charge in [-0.2, -0.15) is 0 Å². The average Bonchev–Trinajstić information content (AvgIpc) is 2.02. The maximum Gasteiger partial charge on any atom is 0.0645 e. The van der Waals surface area contributed by atoms with Gasteiger partial charge in [0.05, 0.1) is 13.2 Å². The summed E-state index contributed by atoms with van der Waals surface area (Å²) in [6.45, 7) is 14.7. The molecule has 0 spiro atoms. The number of hydrogen-bond acceptors (Lipinski definition) is 2. The van der Waals surface area contributed by atoms with Crippen LogP contribution < -0.4 is 5.32 Å². The summed E-state index contributed by atoms with van der Waals surface area (Å²) in [6, 6.07) is 0.540. The third-order valence-electron chi connectivity index (χ3n) is 1.72. The Labute approximate surface area is 82.4 Å². The Bertz CT molecular complexity index is 141. The number of nitrogens with one attached hydrogen (secondary N) is 1. The number of rotatable bonds is 7. The van der Waals surface area contributed by atoms with Crippen molar-refractivity contribution in [3.63, 3.8) is 0 Å². The summed E-state index contributed by atoms with van der Waals surface area (Å²) < 4.78 is 5.42. The second-order valence-corrected chi connectivity index (χ2v) is 4.50. The minimum atomic E-state index is 0.202. The topological polar surface area (TPSA) is 21.3 Å². The molecular weight excluding hydrogens is 162 g/mol. The van der Waals surface area contributed by atoms with Crippen LogP contribution in [0.2, 0.25) is 0 Å². The van der Waals surface area contributed by atoms with Gasteiger partial charge in [0.25, 0.3) is 0 Å². The summed E-state index contributed by atoms with van der Waals surface area (Å²) in [6.07, 6.45) is 1.78. The van der Waals surface area contributed by atoms with E-state index in [9.17, 15) is 0 Å². The van der Waals surface area contributed by atoms with Gasteiger partial charge in [-0.1, -0.05) is 33.8 Å². The van der Waals surface area contributed by atoms with Crippen LogP contribution in [0.3, 0.4) is 0 Å². The average molecular weight is 185 g/mol. The Kier molecular flexibility index (Phi) is 6.00. The van der Waals surface area contributed by atoms with Crippen molar-refractivity contribution in [2.45, 2.75) is 33.7 Å². The van der Waals surface area contributed by atoms with Crippen LogP contribution in [0.5, 0.6) is 0 Å². The van der Waals surface area contributed by atoms with Crippen molar-refractivity contribution in [2.75, 3.05) is 19.8 Å². The second-order valence-electron chi connectivity index (χ2n) is 4.50. The Balaban J connectivity index is 3.59. The van der Waals surface area contributed by atoms with Crippen LogP contribution in [0.15, 0.2) is 12.7 Å². The van der Waals surface area contributed by atoms with Crippen LogP contribution in [0.1, 0.15) is 27.7 Å². The first-order valence-electron chi connectivity index (χ1n) is 4.90. The maximum atomic E-state index is 5.42. The van der Waals surface area contributed by atoms with Gasteiger partial charge < -0.3 is 10.1 Å². The molecule has 13 heavy (non-hydrogen) atoms. The fourth-order valence-corrected chi connectivity index (χ4v) is 0.950. The van der Waals surface area contributed by atoms with Crippen LogP contribution in [0, 0.1) is 5.41 Å². The molecule has 0 fully saturated rings. The van der Waals surface area contributed by atoms with E-state index in [1.807, 2.05) is 0 Å². The second kappa shape index (κ2) is 6.17. The van der Waals surface area contributed by atoms with Crippen LogP contribution >= 0.6 is 0 Å². The van der Waals surface area contributed by atoms with Gasteiger partial charge in [0.2, 0.25) is 0 Å². The van der Waals surface area contributed by atoms with E-state index >= 15 is 0 Å². The third kappa shape index (κ3) is 8.00. The Morgan fingerprint density at radius 3 is 2.54 bits per heavy atom. The highest BCUT2D eigenvalue weighted by molar-refractivity contribution is 4.73. The zero-order chi connectivity index (χ0) is 10.3. The summed E-state index contributed by atoms with van der Waals surface area (Å²) in [4.78, 5) is 0. The van der Waals surface area contributed by atoms with E-state index in [2.05, 4.69) is 39.6 Å². The molecule has 0 heterocycles. The molecule has 0 aliphatic rings. The first kappa shape index (κ1) is 12.7. The maximum absolute atomic E-state index is 5.42. The lowest BCUT2D eigenvalue weighted by atomic mass is 9.94. The standard InChI is InChI=1S/C11H23NO/c1-6-7-13-9-11(4,5)8-12-10(2)3/h6,10,12H,1,7-9H2,2-5H3. The fourth-order valence-electron chi connectivity index (χ4n) is 0.950. The Hall–Kier alpha value is -0.340. The molecule has 0 aromatic rings. The molecule has 0 aliphatic heterocycles. The molecule has 0 radical (unpaired) electrons. The van der Waals surface area contributed by atoms with Gasteiger partial charge in [-0.25, -0.2) is 0 Å². The largest absolute Gasteiger partial charge is 0.377 e. The van der Waals surface area contributed by atoms with E-state index in [1.165, 1.54) is 0 Å². The van der Waals surface area contributed by atoms with Crippen molar-refractivity contribution in [1.29, 1.82) is 0 Å². The summed E-state index contributed by atoms with van der Waals surface area (Å²) >= 11 is 0. The molecule has 2 heteroatoms. The molecule has 0 unspecified atom stereocenters. The van der Waals surface area contributed by atoms with Gasteiger partial charge >= 0.3 is 0 Å². The predicted octanol–water partition coefficient (Wildman–Crippen LogP) is 2.21. The van der Waals surface area contributed by atoms with E-state index in [1.54, 1.807) is 6.08 Å². The van der Waals surface area contributed by atoms with Crippen molar-refractivity contribution in [3.05, 3.63) is 12.7 Å². The zero-order valence-corrected chi connectivity index (χ0v) is 9.39. The minimum absolute atomic E-state index is 0.202. The number of ether oxygens (including phenoxy) is 1. The molecule has 78 valence electrons. The summed E-state index contributed by atoms with van der Waals surface area (Å²) in [7, 11) is 0. The van der Waals surface area contributed by atoms with Crippen molar-refractivity contribution in [1.82, 2.24) is 5.32 Å². The van der Waals surface area contributed by atoms with Crippen molar-refractivity contribution < 1.29 is 4.74 Å². The lowest BCUT2D eigenvalue weighted by Crippen LogP contribution is -2.36. The summed E-state index contributed by atoms with van der Waals surface area (Å²) in [5.74, 6) is 0. The molecule has 2 nitrogen and oxygen atoms in total. The van der Waals surface area contributed by atoms with E-state index in [0.717, 1.165) is 13.2 Å². The Morgan fingerprint density at radius 1 is 1.46 bits per heavy atom. The quantitative estimate of drug-likeness (QED) is 0.485. The fraction of sp³-hybridized carbons (Fsp3) is 0.818. The molecule has 0 aliphatic carbocycles. The first-order valence-corrected chi connectivity index (χ1v) is 4.90. The van der Waals surface area contributed by atoms with Gasteiger partial charge in [-0.15, -0.1) is 6.58 Å². The van der Waals surface area contributed by atoms with Crippen LogP contribution in [0.4, 0.5) is 0 Å². The third-order valence-corrected chi connectivity index (χ3v) is 1.72. The number of hydrogen-bond donors (Lipinski definition) is 1. The highest BCUT2D eigenvalue weighted by Gasteiger charge is 2.17. The van der Waals surface area contributed by atoms with Gasteiger partial charge in [0, 0.05) is 18.0 Å². The van der Waals surface area contributed by atoms with E-state index < -0.39 is 0 Å². The van der Waals surface area contributed by atoms with Gasteiger partial charge in [0.15, 0.2) is 0 Å². The summed E-state index contributed by atoms with van der Waals surface area (Å²) in [5, 5.41) is 3.41. The summed E-state index contributed by atoms with van der Waals surface area (Å²) in [5.41, 5.74) is 0.202. The molecule has 0 bridgehead atoms. The monoisotopic (exact) mass is 185 g/mol. The molecule has 0 aromatic heterocycles. The molecular formula is C11H23NO. The first-order chi connectivity index (χ1) is 5.98. The van der Waals surface area contributed by atoms with Crippen LogP contribution in [0.25, 0.3) is 0 Å². The van der Waals surface area contributed by atoms with E-state index in [0.29, 0.717) is 12.6 Å². The predicted molar refractivity (Wildman–Crippen MR) is 57.9 cm³/mol. The highest BCUT2D eigenvalue weighted by atomic mass is 16.5. The normalized spacial score (nSPS) is 12.1. The Morgan fingerprint density at radius 2 is 2.08 bits per heavy atom. The molecule has 0 rings (SSSR count). The SMILES string of the molecule is C=CCOCC(C)(C)CNC(C)C. The van der Waals surface area contributed by atoms with Crippen molar-refractivity contribution in [2.24, 2.45) is 5.41 Å². The minimum Gasteiger partial charge on any atom is -0.377 e. The lowest BCUT2D eigenvalue weighted by Gasteiger charge is -2.25. The zero-order valence-electron chi connectivity index (χ0n) is 9.39. The van der Waals surface area contributed by atoms with Gasteiger partial charge in [-0.3, -0.25) is 0 Å². The molecule has 0 aromatic carbocycles. The molecule has 1 N–H and O–H groups in total. The van der Waals surface area contributed by atoms with E-state index in [-0.39, 0.29) is 5.41 Å². The van der Waals surface area contributed by atoms with Crippen molar-refractivity contribution >= 4 is 0 Å².